The first kappa shape index (κ1) is 13.6. The third-order valence-electron chi connectivity index (χ3n) is 3.92. The standard InChI is InChI=1S/C15H18N4O2/c1-17-7-9-18(10-8-17)15-5-4-12(19(20)21)11-13(15)14-3-2-6-16-14/h2-6,11,16H,7-10H2,1H3. The molecule has 1 aromatic carbocycles. The van der Waals surface area contributed by atoms with Gasteiger partial charge >= 0.3 is 0 Å². The summed E-state index contributed by atoms with van der Waals surface area (Å²) >= 11 is 0. The van der Waals surface area contributed by atoms with Crippen LogP contribution in [0.1, 0.15) is 0 Å². The molecule has 0 radical (unpaired) electrons. The molecule has 0 amide bonds. The summed E-state index contributed by atoms with van der Waals surface area (Å²) in [4.78, 5) is 18.4. The number of piperazine rings is 1. The topological polar surface area (TPSA) is 65.4 Å². The molecular weight excluding hydrogens is 268 g/mol. The average Bonchev–Trinajstić information content (AvgIpc) is 3.01. The van der Waals surface area contributed by atoms with Crippen LogP contribution in [0.15, 0.2) is 36.5 Å². The maximum atomic E-state index is 11.0. The van der Waals surface area contributed by atoms with Crippen LogP contribution < -0.4 is 4.90 Å². The third kappa shape index (κ3) is 2.75. The highest BCUT2D eigenvalue weighted by molar-refractivity contribution is 5.79. The minimum Gasteiger partial charge on any atom is -0.368 e. The van der Waals surface area contributed by atoms with Crippen LogP contribution in [-0.4, -0.2) is 48.0 Å². The number of nitro groups is 1. The number of aromatic amines is 1. The quantitative estimate of drug-likeness (QED) is 0.695. The van der Waals surface area contributed by atoms with Gasteiger partial charge in [0.25, 0.3) is 5.69 Å². The Kier molecular flexibility index (Phi) is 3.62. The summed E-state index contributed by atoms with van der Waals surface area (Å²) in [6.07, 6.45) is 1.84. The van der Waals surface area contributed by atoms with E-state index in [-0.39, 0.29) is 10.6 Å². The molecule has 21 heavy (non-hydrogen) atoms. The summed E-state index contributed by atoms with van der Waals surface area (Å²) in [6, 6.07) is 8.94. The van der Waals surface area contributed by atoms with E-state index in [1.807, 2.05) is 24.4 Å². The number of nitrogens with zero attached hydrogens (tertiary/aromatic N) is 3. The Morgan fingerprint density at radius 1 is 1.19 bits per heavy atom. The minimum absolute atomic E-state index is 0.123. The second kappa shape index (κ2) is 5.57. The predicted molar refractivity (Wildman–Crippen MR) is 82.6 cm³/mol. The maximum absolute atomic E-state index is 11.0. The molecule has 1 fully saturated rings. The number of nitro benzene ring substituents is 1. The van der Waals surface area contributed by atoms with E-state index in [1.54, 1.807) is 12.1 Å². The van der Waals surface area contributed by atoms with Crippen molar-refractivity contribution in [1.29, 1.82) is 0 Å². The number of likely N-dealkylation sites (N-methyl/N-ethyl adjacent to an activating group) is 1. The smallest absolute Gasteiger partial charge is 0.270 e. The highest BCUT2D eigenvalue weighted by Gasteiger charge is 2.20. The number of aromatic nitrogens is 1. The van der Waals surface area contributed by atoms with Gasteiger partial charge in [0.1, 0.15) is 0 Å². The number of anilines is 1. The van der Waals surface area contributed by atoms with Crippen molar-refractivity contribution in [2.45, 2.75) is 0 Å². The van der Waals surface area contributed by atoms with E-state index in [0.29, 0.717) is 0 Å². The molecule has 1 saturated heterocycles. The molecule has 1 aromatic heterocycles. The Bertz CT molecular complexity index is 631. The fourth-order valence-electron chi connectivity index (χ4n) is 2.67. The molecule has 2 heterocycles. The van der Waals surface area contributed by atoms with Crippen molar-refractivity contribution < 1.29 is 4.92 Å². The van der Waals surface area contributed by atoms with Crippen molar-refractivity contribution in [2.24, 2.45) is 0 Å². The zero-order valence-corrected chi connectivity index (χ0v) is 12.0. The summed E-state index contributed by atoms with van der Waals surface area (Å²) < 4.78 is 0. The molecule has 1 aliphatic heterocycles. The van der Waals surface area contributed by atoms with Gasteiger partial charge in [-0.15, -0.1) is 0 Å². The molecule has 0 saturated carbocycles. The first-order valence-corrected chi connectivity index (χ1v) is 7.01. The fraction of sp³-hybridized carbons (Fsp3) is 0.333. The van der Waals surface area contributed by atoms with Gasteiger partial charge in [0.15, 0.2) is 0 Å². The van der Waals surface area contributed by atoms with E-state index in [0.717, 1.165) is 43.1 Å². The molecule has 2 aromatic rings. The summed E-state index contributed by atoms with van der Waals surface area (Å²) in [5.74, 6) is 0. The molecule has 0 bridgehead atoms. The molecule has 1 aliphatic rings. The largest absolute Gasteiger partial charge is 0.368 e. The van der Waals surface area contributed by atoms with Crippen molar-refractivity contribution in [3.8, 4) is 11.3 Å². The van der Waals surface area contributed by atoms with E-state index in [2.05, 4.69) is 21.8 Å². The molecule has 3 rings (SSSR count). The molecule has 6 nitrogen and oxygen atoms in total. The first-order valence-electron chi connectivity index (χ1n) is 7.01. The summed E-state index contributed by atoms with van der Waals surface area (Å²) in [7, 11) is 2.11. The van der Waals surface area contributed by atoms with Crippen molar-refractivity contribution in [3.05, 3.63) is 46.6 Å². The van der Waals surface area contributed by atoms with Gasteiger partial charge in [0.05, 0.1) is 4.92 Å². The van der Waals surface area contributed by atoms with Gasteiger partial charge in [-0.05, 0) is 25.2 Å². The molecular formula is C15H18N4O2. The highest BCUT2D eigenvalue weighted by Crippen LogP contribution is 2.33. The van der Waals surface area contributed by atoms with Crippen LogP contribution in [0.25, 0.3) is 11.3 Å². The third-order valence-corrected chi connectivity index (χ3v) is 3.92. The van der Waals surface area contributed by atoms with Gasteiger partial charge in [0, 0.05) is 61.5 Å². The Morgan fingerprint density at radius 3 is 2.57 bits per heavy atom. The monoisotopic (exact) mass is 286 g/mol. The molecule has 0 spiro atoms. The number of hydrogen-bond donors (Lipinski definition) is 1. The fourth-order valence-corrected chi connectivity index (χ4v) is 2.67. The van der Waals surface area contributed by atoms with Crippen LogP contribution in [0.3, 0.4) is 0 Å². The van der Waals surface area contributed by atoms with Crippen molar-refractivity contribution in [3.63, 3.8) is 0 Å². The van der Waals surface area contributed by atoms with E-state index in [4.69, 9.17) is 0 Å². The van der Waals surface area contributed by atoms with Gasteiger partial charge in [-0.1, -0.05) is 0 Å². The summed E-state index contributed by atoms with van der Waals surface area (Å²) in [6.45, 7) is 3.87. The van der Waals surface area contributed by atoms with Gasteiger partial charge in [-0.3, -0.25) is 10.1 Å². The van der Waals surface area contributed by atoms with E-state index >= 15 is 0 Å². The van der Waals surface area contributed by atoms with Crippen molar-refractivity contribution in [2.75, 3.05) is 38.1 Å². The molecule has 1 N–H and O–H groups in total. The maximum Gasteiger partial charge on any atom is 0.270 e. The Hall–Kier alpha value is -2.34. The average molecular weight is 286 g/mol. The van der Waals surface area contributed by atoms with Crippen molar-refractivity contribution >= 4 is 11.4 Å². The normalized spacial score (nSPS) is 16.1. The number of benzene rings is 1. The van der Waals surface area contributed by atoms with Crippen molar-refractivity contribution in [1.82, 2.24) is 9.88 Å². The number of hydrogen-bond acceptors (Lipinski definition) is 4. The zero-order valence-electron chi connectivity index (χ0n) is 12.0. The Balaban J connectivity index is 2.01. The number of non-ortho nitro benzene ring substituents is 1. The second-order valence-corrected chi connectivity index (χ2v) is 5.33. The van der Waals surface area contributed by atoms with Crippen LogP contribution in [0.5, 0.6) is 0 Å². The van der Waals surface area contributed by atoms with E-state index in [1.165, 1.54) is 0 Å². The second-order valence-electron chi connectivity index (χ2n) is 5.33. The van der Waals surface area contributed by atoms with Crippen LogP contribution in [0, 0.1) is 10.1 Å². The van der Waals surface area contributed by atoms with Crippen LogP contribution in [-0.2, 0) is 0 Å². The SMILES string of the molecule is CN1CCN(c2ccc([N+](=O)[O-])cc2-c2ccc[nH]2)CC1. The Labute approximate surface area is 123 Å². The van der Waals surface area contributed by atoms with Gasteiger partial charge in [-0.25, -0.2) is 0 Å². The van der Waals surface area contributed by atoms with Crippen LogP contribution in [0.4, 0.5) is 11.4 Å². The van der Waals surface area contributed by atoms with Gasteiger partial charge in [0.2, 0.25) is 0 Å². The number of rotatable bonds is 3. The minimum atomic E-state index is -0.347. The summed E-state index contributed by atoms with van der Waals surface area (Å²) in [5, 5.41) is 11.0. The number of H-pyrrole nitrogens is 1. The molecule has 110 valence electrons. The zero-order chi connectivity index (χ0) is 14.8. The predicted octanol–water partition coefficient (Wildman–Crippen LogP) is 2.34. The van der Waals surface area contributed by atoms with Crippen LogP contribution >= 0.6 is 0 Å². The molecule has 0 atom stereocenters. The molecule has 0 unspecified atom stereocenters. The Morgan fingerprint density at radius 2 is 1.95 bits per heavy atom. The van der Waals surface area contributed by atoms with Gasteiger partial charge < -0.3 is 14.8 Å². The van der Waals surface area contributed by atoms with Crippen LogP contribution in [0.2, 0.25) is 0 Å². The summed E-state index contributed by atoms with van der Waals surface area (Å²) in [5.41, 5.74) is 2.97. The lowest BCUT2D eigenvalue weighted by molar-refractivity contribution is -0.384. The number of nitrogens with one attached hydrogen (secondary N) is 1. The molecule has 0 aliphatic carbocycles. The highest BCUT2D eigenvalue weighted by atomic mass is 16.6. The lowest BCUT2D eigenvalue weighted by Gasteiger charge is -2.35. The van der Waals surface area contributed by atoms with E-state index < -0.39 is 0 Å². The van der Waals surface area contributed by atoms with E-state index in [9.17, 15) is 10.1 Å². The first-order chi connectivity index (χ1) is 10.1. The van der Waals surface area contributed by atoms with Gasteiger partial charge in [-0.2, -0.15) is 0 Å². The molecule has 6 heteroatoms. The lowest BCUT2D eigenvalue weighted by Crippen LogP contribution is -2.44. The lowest BCUT2D eigenvalue weighted by atomic mass is 10.1.